The Morgan fingerprint density at radius 1 is 1.17 bits per heavy atom. The fourth-order valence-corrected chi connectivity index (χ4v) is 3.15. The number of aliphatic hydroxyl groups excluding tert-OH is 1. The summed E-state index contributed by atoms with van der Waals surface area (Å²) < 4.78 is 1.91. The van der Waals surface area contributed by atoms with Crippen LogP contribution in [0.1, 0.15) is 17.7 Å². The SMILES string of the molecule is Cc1nn2c(N3CC[C@H](O)C3)cc(-c3ccccc3)nc2c1C. The van der Waals surface area contributed by atoms with Gasteiger partial charge in [0.2, 0.25) is 0 Å². The number of rotatable bonds is 2. The van der Waals surface area contributed by atoms with Gasteiger partial charge in [0.1, 0.15) is 5.82 Å². The topological polar surface area (TPSA) is 53.7 Å². The minimum Gasteiger partial charge on any atom is -0.391 e. The Morgan fingerprint density at radius 3 is 2.65 bits per heavy atom. The third-order valence-electron chi connectivity index (χ3n) is 4.59. The van der Waals surface area contributed by atoms with E-state index < -0.39 is 0 Å². The van der Waals surface area contributed by atoms with Crippen LogP contribution in [0, 0.1) is 13.8 Å². The highest BCUT2D eigenvalue weighted by molar-refractivity contribution is 5.68. The molecule has 3 heterocycles. The second-order valence-electron chi connectivity index (χ2n) is 6.20. The van der Waals surface area contributed by atoms with Gasteiger partial charge in [0.25, 0.3) is 0 Å². The van der Waals surface area contributed by atoms with Crippen molar-refractivity contribution < 1.29 is 5.11 Å². The van der Waals surface area contributed by atoms with Crippen molar-refractivity contribution in [1.82, 2.24) is 14.6 Å². The summed E-state index contributed by atoms with van der Waals surface area (Å²) in [7, 11) is 0. The maximum absolute atomic E-state index is 9.89. The van der Waals surface area contributed by atoms with Gasteiger partial charge in [-0.3, -0.25) is 0 Å². The van der Waals surface area contributed by atoms with E-state index in [9.17, 15) is 5.11 Å². The summed E-state index contributed by atoms with van der Waals surface area (Å²) in [5.41, 5.74) is 5.01. The second-order valence-corrected chi connectivity index (χ2v) is 6.20. The van der Waals surface area contributed by atoms with Gasteiger partial charge in [-0.2, -0.15) is 9.61 Å². The van der Waals surface area contributed by atoms with Crippen LogP contribution in [0.3, 0.4) is 0 Å². The molecule has 1 aliphatic heterocycles. The van der Waals surface area contributed by atoms with E-state index >= 15 is 0 Å². The van der Waals surface area contributed by atoms with Crippen molar-refractivity contribution in [3.8, 4) is 11.3 Å². The first-order valence-corrected chi connectivity index (χ1v) is 7.99. The standard InChI is InChI=1S/C18H20N4O/c1-12-13(2)20-22-17(21-9-8-15(23)11-21)10-16(19-18(12)22)14-6-4-3-5-7-14/h3-7,10,15,23H,8-9,11H2,1-2H3/t15-/m0/s1. The summed E-state index contributed by atoms with van der Waals surface area (Å²) in [6.07, 6.45) is 0.528. The minimum atomic E-state index is -0.267. The van der Waals surface area contributed by atoms with Gasteiger partial charge in [0.05, 0.1) is 17.5 Å². The third-order valence-corrected chi connectivity index (χ3v) is 4.59. The Hall–Kier alpha value is -2.40. The normalized spacial score (nSPS) is 18.0. The lowest BCUT2D eigenvalue weighted by atomic mass is 10.1. The number of hydrogen-bond donors (Lipinski definition) is 1. The highest BCUT2D eigenvalue weighted by Crippen LogP contribution is 2.28. The third kappa shape index (κ3) is 2.37. The van der Waals surface area contributed by atoms with Crippen LogP contribution in [0.4, 0.5) is 5.82 Å². The van der Waals surface area contributed by atoms with Crippen LogP contribution >= 0.6 is 0 Å². The molecule has 1 aliphatic rings. The Balaban J connectivity index is 1.94. The highest BCUT2D eigenvalue weighted by atomic mass is 16.3. The van der Waals surface area contributed by atoms with Gasteiger partial charge in [-0.05, 0) is 20.3 Å². The maximum atomic E-state index is 9.89. The first-order chi connectivity index (χ1) is 11.1. The van der Waals surface area contributed by atoms with Gasteiger partial charge in [0.15, 0.2) is 5.65 Å². The van der Waals surface area contributed by atoms with Crippen molar-refractivity contribution in [1.29, 1.82) is 0 Å². The molecular weight excluding hydrogens is 288 g/mol. The van der Waals surface area contributed by atoms with E-state index in [0.717, 1.165) is 46.9 Å². The molecular formula is C18H20N4O. The van der Waals surface area contributed by atoms with Crippen LogP contribution in [0.5, 0.6) is 0 Å². The smallest absolute Gasteiger partial charge is 0.161 e. The van der Waals surface area contributed by atoms with Gasteiger partial charge in [-0.25, -0.2) is 4.98 Å². The van der Waals surface area contributed by atoms with Crippen molar-refractivity contribution in [2.24, 2.45) is 0 Å². The predicted molar refractivity (Wildman–Crippen MR) is 90.7 cm³/mol. The van der Waals surface area contributed by atoms with Gasteiger partial charge in [-0.1, -0.05) is 30.3 Å². The number of hydrogen-bond acceptors (Lipinski definition) is 4. The van der Waals surface area contributed by atoms with Crippen LogP contribution in [-0.4, -0.2) is 38.9 Å². The molecule has 0 spiro atoms. The van der Waals surface area contributed by atoms with Crippen molar-refractivity contribution >= 4 is 11.5 Å². The Bertz CT molecular complexity index is 856. The van der Waals surface area contributed by atoms with Crippen LogP contribution in [0.25, 0.3) is 16.9 Å². The number of anilines is 1. The predicted octanol–water partition coefficient (Wildman–Crippen LogP) is 2.58. The largest absolute Gasteiger partial charge is 0.391 e. The minimum absolute atomic E-state index is 0.267. The lowest BCUT2D eigenvalue weighted by Crippen LogP contribution is -2.24. The van der Waals surface area contributed by atoms with Crippen LogP contribution in [-0.2, 0) is 0 Å². The van der Waals surface area contributed by atoms with Gasteiger partial charge in [0, 0.05) is 30.3 Å². The summed E-state index contributed by atoms with van der Waals surface area (Å²) in [5, 5.41) is 14.5. The number of fused-ring (bicyclic) bond motifs is 1. The van der Waals surface area contributed by atoms with Crippen molar-refractivity contribution in [3.05, 3.63) is 47.7 Å². The van der Waals surface area contributed by atoms with Crippen molar-refractivity contribution in [3.63, 3.8) is 0 Å². The van der Waals surface area contributed by atoms with Gasteiger partial charge >= 0.3 is 0 Å². The van der Waals surface area contributed by atoms with E-state index in [2.05, 4.69) is 35.1 Å². The first kappa shape index (κ1) is 14.2. The summed E-state index contributed by atoms with van der Waals surface area (Å²) in [6.45, 7) is 5.55. The maximum Gasteiger partial charge on any atom is 0.161 e. The fourth-order valence-electron chi connectivity index (χ4n) is 3.15. The molecule has 0 bridgehead atoms. The molecule has 0 unspecified atom stereocenters. The van der Waals surface area contributed by atoms with Crippen molar-refractivity contribution in [2.75, 3.05) is 18.0 Å². The zero-order valence-corrected chi connectivity index (χ0v) is 13.4. The van der Waals surface area contributed by atoms with E-state index in [1.165, 1.54) is 0 Å². The molecule has 0 radical (unpaired) electrons. The molecule has 1 atom stereocenters. The molecule has 23 heavy (non-hydrogen) atoms. The summed E-state index contributed by atoms with van der Waals surface area (Å²) in [6, 6.07) is 12.3. The highest BCUT2D eigenvalue weighted by Gasteiger charge is 2.24. The molecule has 1 saturated heterocycles. The van der Waals surface area contributed by atoms with E-state index in [4.69, 9.17) is 4.98 Å². The summed E-state index contributed by atoms with van der Waals surface area (Å²) >= 11 is 0. The zero-order valence-electron chi connectivity index (χ0n) is 13.4. The average Bonchev–Trinajstić information content (AvgIpc) is 3.12. The number of aromatic nitrogens is 3. The number of nitrogens with zero attached hydrogens (tertiary/aromatic N) is 4. The van der Waals surface area contributed by atoms with E-state index in [1.54, 1.807) is 0 Å². The number of benzene rings is 1. The molecule has 3 aromatic rings. The van der Waals surface area contributed by atoms with E-state index in [-0.39, 0.29) is 6.10 Å². The van der Waals surface area contributed by atoms with Crippen LogP contribution in [0.15, 0.2) is 36.4 Å². The molecule has 1 N–H and O–H groups in total. The Kier molecular flexibility index (Phi) is 3.31. The monoisotopic (exact) mass is 308 g/mol. The van der Waals surface area contributed by atoms with Crippen molar-refractivity contribution in [2.45, 2.75) is 26.4 Å². The number of aryl methyl sites for hydroxylation is 2. The molecule has 0 saturated carbocycles. The Morgan fingerprint density at radius 2 is 1.96 bits per heavy atom. The molecule has 5 nitrogen and oxygen atoms in total. The average molecular weight is 308 g/mol. The summed E-state index contributed by atoms with van der Waals surface area (Å²) in [5.74, 6) is 1.00. The molecule has 1 aromatic carbocycles. The number of aliphatic hydroxyl groups is 1. The quantitative estimate of drug-likeness (QED) is 0.790. The van der Waals surface area contributed by atoms with Gasteiger partial charge < -0.3 is 10.0 Å². The number of β-amino-alcohol motifs (C(OH)–C–C–N with tert-alkyl or cyclic N) is 1. The molecule has 2 aromatic heterocycles. The molecule has 118 valence electrons. The first-order valence-electron chi connectivity index (χ1n) is 7.99. The fraction of sp³-hybridized carbons (Fsp3) is 0.333. The van der Waals surface area contributed by atoms with E-state index in [0.29, 0.717) is 6.54 Å². The van der Waals surface area contributed by atoms with Gasteiger partial charge in [-0.15, -0.1) is 0 Å². The lowest BCUT2D eigenvalue weighted by Gasteiger charge is -2.19. The van der Waals surface area contributed by atoms with E-state index in [1.807, 2.05) is 29.6 Å². The molecule has 0 aliphatic carbocycles. The molecule has 0 amide bonds. The zero-order chi connectivity index (χ0) is 16.0. The lowest BCUT2D eigenvalue weighted by molar-refractivity contribution is 0.198. The summed E-state index contributed by atoms with van der Waals surface area (Å²) in [4.78, 5) is 7.02. The molecule has 4 rings (SSSR count). The Labute approximate surface area is 135 Å². The second kappa shape index (κ2) is 5.35. The molecule has 1 fully saturated rings. The van der Waals surface area contributed by atoms with Crippen LogP contribution < -0.4 is 4.90 Å². The molecule has 5 heteroatoms. The van der Waals surface area contributed by atoms with Crippen LogP contribution in [0.2, 0.25) is 0 Å².